The van der Waals surface area contributed by atoms with Crippen LogP contribution in [0.5, 0.6) is 0 Å². The lowest BCUT2D eigenvalue weighted by molar-refractivity contribution is 0.474. The minimum atomic E-state index is 0.354. The van der Waals surface area contributed by atoms with Crippen molar-refractivity contribution in [2.24, 2.45) is 0 Å². The number of aromatic nitrogens is 2. The van der Waals surface area contributed by atoms with E-state index in [2.05, 4.69) is 43.1 Å². The monoisotopic (exact) mass is 262 g/mol. The molecule has 2 rings (SSSR count). The zero-order valence-electron chi connectivity index (χ0n) is 11.0. The lowest BCUT2D eigenvalue weighted by atomic mass is 9.97. The number of nitrogens with one attached hydrogen (secondary N) is 1. The SMILES string of the molecule is Cc1cc(C)c(CCCc2n[nH]c(=S)o2)cc1C. The predicted molar refractivity (Wildman–Crippen MR) is 74.4 cm³/mol. The third-order valence-electron chi connectivity index (χ3n) is 3.27. The van der Waals surface area contributed by atoms with Crippen LogP contribution in [0.2, 0.25) is 0 Å². The van der Waals surface area contributed by atoms with Gasteiger partial charge in [-0.3, -0.25) is 0 Å². The maximum atomic E-state index is 5.24. The second-order valence-corrected chi connectivity index (χ2v) is 5.09. The van der Waals surface area contributed by atoms with E-state index in [0.29, 0.717) is 10.7 Å². The molecule has 0 bridgehead atoms. The Morgan fingerprint density at radius 2 is 1.83 bits per heavy atom. The van der Waals surface area contributed by atoms with Gasteiger partial charge in [-0.25, -0.2) is 5.10 Å². The Morgan fingerprint density at radius 1 is 1.11 bits per heavy atom. The molecule has 0 aliphatic rings. The number of nitrogens with zero attached hydrogens (tertiary/aromatic N) is 1. The molecule has 0 aliphatic carbocycles. The van der Waals surface area contributed by atoms with Crippen molar-refractivity contribution in [3.63, 3.8) is 0 Å². The number of H-pyrrole nitrogens is 1. The summed E-state index contributed by atoms with van der Waals surface area (Å²) in [6, 6.07) is 4.54. The summed E-state index contributed by atoms with van der Waals surface area (Å²) in [5.41, 5.74) is 5.48. The second kappa shape index (κ2) is 5.48. The number of hydrogen-bond donors (Lipinski definition) is 1. The average Bonchev–Trinajstić information content (AvgIpc) is 2.71. The topological polar surface area (TPSA) is 41.8 Å². The molecule has 1 N–H and O–H groups in total. The van der Waals surface area contributed by atoms with Gasteiger partial charge in [-0.1, -0.05) is 12.1 Å². The van der Waals surface area contributed by atoms with Crippen molar-refractivity contribution < 1.29 is 4.42 Å². The molecular weight excluding hydrogens is 244 g/mol. The van der Waals surface area contributed by atoms with E-state index in [1.165, 1.54) is 22.3 Å². The minimum Gasteiger partial charge on any atom is -0.414 e. The van der Waals surface area contributed by atoms with Crippen LogP contribution in [0.1, 0.15) is 34.6 Å². The number of hydrogen-bond acceptors (Lipinski definition) is 3. The summed E-state index contributed by atoms with van der Waals surface area (Å²) in [4.78, 5) is 0.354. The van der Waals surface area contributed by atoms with Crippen molar-refractivity contribution in [2.45, 2.75) is 40.0 Å². The van der Waals surface area contributed by atoms with Gasteiger partial charge in [-0.15, -0.1) is 5.10 Å². The van der Waals surface area contributed by atoms with Gasteiger partial charge in [0, 0.05) is 6.42 Å². The van der Waals surface area contributed by atoms with Gasteiger partial charge in [0.1, 0.15) is 0 Å². The quantitative estimate of drug-likeness (QED) is 0.851. The van der Waals surface area contributed by atoms with Crippen molar-refractivity contribution >= 4 is 12.2 Å². The van der Waals surface area contributed by atoms with Crippen molar-refractivity contribution in [1.82, 2.24) is 10.2 Å². The van der Waals surface area contributed by atoms with E-state index in [9.17, 15) is 0 Å². The molecule has 1 heterocycles. The van der Waals surface area contributed by atoms with E-state index in [0.717, 1.165) is 19.3 Å². The first-order valence-electron chi connectivity index (χ1n) is 6.17. The van der Waals surface area contributed by atoms with Gasteiger partial charge in [-0.05, 0) is 68.1 Å². The normalized spacial score (nSPS) is 10.8. The first-order valence-corrected chi connectivity index (χ1v) is 6.58. The Balaban J connectivity index is 1.98. The van der Waals surface area contributed by atoms with E-state index in [-0.39, 0.29) is 0 Å². The third-order valence-corrected chi connectivity index (χ3v) is 3.45. The zero-order valence-corrected chi connectivity index (χ0v) is 11.9. The van der Waals surface area contributed by atoms with Gasteiger partial charge < -0.3 is 4.42 Å². The maximum Gasteiger partial charge on any atom is 0.284 e. The Hall–Kier alpha value is -1.42. The van der Waals surface area contributed by atoms with E-state index in [1.807, 2.05) is 0 Å². The third kappa shape index (κ3) is 3.07. The van der Waals surface area contributed by atoms with E-state index < -0.39 is 0 Å². The van der Waals surface area contributed by atoms with Gasteiger partial charge >= 0.3 is 0 Å². The smallest absolute Gasteiger partial charge is 0.284 e. The molecular formula is C14H18N2OS. The molecule has 0 saturated carbocycles. The summed E-state index contributed by atoms with van der Waals surface area (Å²) in [7, 11) is 0. The highest BCUT2D eigenvalue weighted by Crippen LogP contribution is 2.17. The molecule has 3 nitrogen and oxygen atoms in total. The number of rotatable bonds is 4. The van der Waals surface area contributed by atoms with Crippen molar-refractivity contribution in [2.75, 3.05) is 0 Å². The molecule has 1 aromatic heterocycles. The highest BCUT2D eigenvalue weighted by atomic mass is 32.1. The van der Waals surface area contributed by atoms with Crippen LogP contribution < -0.4 is 0 Å². The summed E-state index contributed by atoms with van der Waals surface area (Å²) >= 11 is 4.84. The highest BCUT2D eigenvalue weighted by Gasteiger charge is 2.04. The molecule has 2 aromatic rings. The van der Waals surface area contributed by atoms with Crippen LogP contribution in [-0.4, -0.2) is 10.2 Å². The Kier molecular flexibility index (Phi) is 3.97. The molecule has 96 valence electrons. The Bertz CT molecular complexity index is 598. The van der Waals surface area contributed by atoms with Gasteiger partial charge in [0.25, 0.3) is 4.84 Å². The van der Waals surface area contributed by atoms with Gasteiger partial charge in [0.05, 0.1) is 0 Å². The first-order chi connectivity index (χ1) is 8.56. The minimum absolute atomic E-state index is 0.354. The maximum absolute atomic E-state index is 5.24. The van der Waals surface area contributed by atoms with Crippen LogP contribution in [0, 0.1) is 25.6 Å². The Morgan fingerprint density at radius 3 is 2.50 bits per heavy atom. The summed E-state index contributed by atoms with van der Waals surface area (Å²) in [5, 5.41) is 6.65. The molecule has 1 aromatic carbocycles. The number of aryl methyl sites for hydroxylation is 5. The fourth-order valence-corrected chi connectivity index (χ4v) is 2.23. The Labute approximate surface area is 112 Å². The molecule has 4 heteroatoms. The van der Waals surface area contributed by atoms with Crippen molar-refractivity contribution in [3.05, 3.63) is 45.1 Å². The molecule has 0 amide bonds. The van der Waals surface area contributed by atoms with Crippen LogP contribution in [0.25, 0.3) is 0 Å². The number of aromatic amines is 1. The van der Waals surface area contributed by atoms with Gasteiger partial charge in [0.15, 0.2) is 0 Å². The van der Waals surface area contributed by atoms with Crippen LogP contribution in [0.3, 0.4) is 0 Å². The van der Waals surface area contributed by atoms with E-state index >= 15 is 0 Å². The molecule has 0 radical (unpaired) electrons. The first kappa shape index (κ1) is 13.0. The lowest BCUT2D eigenvalue weighted by Gasteiger charge is -2.09. The molecule has 18 heavy (non-hydrogen) atoms. The van der Waals surface area contributed by atoms with Crippen LogP contribution in [0.4, 0.5) is 0 Å². The molecule has 0 atom stereocenters. The fourth-order valence-electron chi connectivity index (χ4n) is 2.09. The van der Waals surface area contributed by atoms with Crippen molar-refractivity contribution in [1.29, 1.82) is 0 Å². The standard InChI is InChI=1S/C14H18N2OS/c1-9-7-11(3)12(8-10(9)2)5-4-6-13-15-16-14(18)17-13/h7-8H,4-6H2,1-3H3,(H,16,18). The molecule has 0 unspecified atom stereocenters. The highest BCUT2D eigenvalue weighted by molar-refractivity contribution is 7.71. The average molecular weight is 262 g/mol. The van der Waals surface area contributed by atoms with Crippen LogP contribution in [0.15, 0.2) is 16.5 Å². The molecule has 0 aliphatic heterocycles. The predicted octanol–water partition coefficient (Wildman–Crippen LogP) is 3.83. The summed E-state index contributed by atoms with van der Waals surface area (Å²) in [6.07, 6.45) is 2.88. The second-order valence-electron chi connectivity index (χ2n) is 4.72. The summed E-state index contributed by atoms with van der Waals surface area (Å²) in [5.74, 6) is 0.696. The molecule has 0 saturated heterocycles. The largest absolute Gasteiger partial charge is 0.414 e. The van der Waals surface area contributed by atoms with Gasteiger partial charge in [0.2, 0.25) is 5.89 Å². The fraction of sp³-hybridized carbons (Fsp3) is 0.429. The van der Waals surface area contributed by atoms with Gasteiger partial charge in [-0.2, -0.15) is 0 Å². The van der Waals surface area contributed by atoms with E-state index in [1.54, 1.807) is 0 Å². The lowest BCUT2D eigenvalue weighted by Crippen LogP contribution is -1.95. The molecule has 0 spiro atoms. The van der Waals surface area contributed by atoms with Crippen molar-refractivity contribution in [3.8, 4) is 0 Å². The summed E-state index contributed by atoms with van der Waals surface area (Å²) in [6.45, 7) is 6.48. The van der Waals surface area contributed by atoms with Crippen LogP contribution in [-0.2, 0) is 12.8 Å². The number of benzene rings is 1. The van der Waals surface area contributed by atoms with E-state index in [4.69, 9.17) is 16.6 Å². The zero-order chi connectivity index (χ0) is 13.1. The summed E-state index contributed by atoms with van der Waals surface area (Å²) < 4.78 is 5.24. The molecule has 0 fully saturated rings. The van der Waals surface area contributed by atoms with Crippen LogP contribution >= 0.6 is 12.2 Å².